The van der Waals surface area contributed by atoms with E-state index in [9.17, 15) is 0 Å². The second-order valence-electron chi connectivity index (χ2n) is 4.92. The van der Waals surface area contributed by atoms with Crippen molar-refractivity contribution in [2.75, 3.05) is 6.61 Å². The van der Waals surface area contributed by atoms with Crippen LogP contribution in [0.15, 0.2) is 9.90 Å². The van der Waals surface area contributed by atoms with Crippen LogP contribution in [0.3, 0.4) is 0 Å². The first-order valence-electron chi connectivity index (χ1n) is 7.25. The normalized spacial score (nSPS) is 13.6. The smallest absolute Gasteiger partial charge is 0.277 e. The predicted octanol–water partition coefficient (Wildman–Crippen LogP) is 3.26. The number of thiazole rings is 1. The summed E-state index contributed by atoms with van der Waals surface area (Å²) in [7, 11) is 0. The highest BCUT2D eigenvalue weighted by Crippen LogP contribution is 2.32. The van der Waals surface area contributed by atoms with E-state index in [0.29, 0.717) is 24.0 Å². The summed E-state index contributed by atoms with van der Waals surface area (Å²) in [4.78, 5) is 8.92. The molecule has 2 aromatic heterocycles. The van der Waals surface area contributed by atoms with Crippen LogP contribution in [0.5, 0.6) is 0 Å². The minimum Gasteiger partial charge on any atom is -0.367 e. The number of nitrogens with two attached hydrogens (primary N) is 1. The van der Waals surface area contributed by atoms with Crippen molar-refractivity contribution < 1.29 is 9.26 Å². The Hall–Kier alpha value is -1.31. The molecule has 0 fully saturated rings. The summed E-state index contributed by atoms with van der Waals surface area (Å²) in [6, 6.07) is -0.0973. The second kappa shape index (κ2) is 6.64. The maximum atomic E-state index is 5.88. The van der Waals surface area contributed by atoms with Crippen molar-refractivity contribution in [1.82, 2.24) is 15.1 Å². The molecule has 21 heavy (non-hydrogen) atoms. The van der Waals surface area contributed by atoms with Gasteiger partial charge < -0.3 is 15.0 Å². The Morgan fingerprint density at radius 2 is 2.05 bits per heavy atom. The third-order valence-electron chi connectivity index (χ3n) is 3.53. The monoisotopic (exact) mass is 310 g/mol. The highest BCUT2D eigenvalue weighted by Gasteiger charge is 2.34. The molecule has 0 aliphatic rings. The van der Waals surface area contributed by atoms with Crippen molar-refractivity contribution in [3.8, 4) is 11.6 Å². The van der Waals surface area contributed by atoms with Crippen LogP contribution >= 0.6 is 11.3 Å². The molecule has 0 radical (unpaired) electrons. The van der Waals surface area contributed by atoms with Gasteiger partial charge in [-0.15, -0.1) is 11.3 Å². The van der Waals surface area contributed by atoms with Crippen molar-refractivity contribution in [3.05, 3.63) is 16.2 Å². The van der Waals surface area contributed by atoms with Gasteiger partial charge in [0.05, 0.1) is 6.04 Å². The Balaban J connectivity index is 2.31. The van der Waals surface area contributed by atoms with Gasteiger partial charge in [-0.3, -0.25) is 0 Å². The lowest BCUT2D eigenvalue weighted by atomic mass is 9.96. The van der Waals surface area contributed by atoms with Crippen LogP contribution in [0.1, 0.15) is 57.4 Å². The highest BCUT2D eigenvalue weighted by atomic mass is 32.1. The fraction of sp³-hybridized carbons (Fsp3) is 0.643. The van der Waals surface area contributed by atoms with E-state index in [1.165, 1.54) is 11.3 Å². The predicted molar refractivity (Wildman–Crippen MR) is 81.9 cm³/mol. The summed E-state index contributed by atoms with van der Waals surface area (Å²) in [5, 5.41) is 6.84. The van der Waals surface area contributed by atoms with Gasteiger partial charge in [-0.25, -0.2) is 4.98 Å². The third kappa shape index (κ3) is 3.14. The van der Waals surface area contributed by atoms with Crippen LogP contribution in [0.4, 0.5) is 0 Å². The van der Waals surface area contributed by atoms with Crippen LogP contribution in [-0.4, -0.2) is 21.7 Å². The summed E-state index contributed by atoms with van der Waals surface area (Å²) < 4.78 is 11.2. The van der Waals surface area contributed by atoms with Gasteiger partial charge in [-0.1, -0.05) is 19.0 Å². The number of nitrogens with zero attached hydrogens (tertiary/aromatic N) is 3. The van der Waals surface area contributed by atoms with Crippen molar-refractivity contribution in [1.29, 1.82) is 0 Å². The number of aromatic nitrogens is 3. The first-order valence-corrected chi connectivity index (χ1v) is 8.13. The van der Waals surface area contributed by atoms with E-state index < -0.39 is 5.60 Å². The van der Waals surface area contributed by atoms with Gasteiger partial charge in [-0.05, 0) is 26.7 Å². The zero-order valence-corrected chi connectivity index (χ0v) is 13.7. The first kappa shape index (κ1) is 16.1. The lowest BCUT2D eigenvalue weighted by Gasteiger charge is -2.27. The fourth-order valence-corrected chi connectivity index (χ4v) is 2.97. The summed E-state index contributed by atoms with van der Waals surface area (Å²) in [5.74, 6) is 0.999. The largest absolute Gasteiger partial charge is 0.367 e. The van der Waals surface area contributed by atoms with Gasteiger partial charge in [0.1, 0.15) is 16.3 Å². The summed E-state index contributed by atoms with van der Waals surface area (Å²) in [5.41, 5.74) is 6.00. The molecule has 2 heterocycles. The summed E-state index contributed by atoms with van der Waals surface area (Å²) in [6.07, 6.45) is 1.58. The molecule has 0 aromatic carbocycles. The molecule has 2 rings (SSSR count). The molecule has 6 nitrogen and oxygen atoms in total. The Morgan fingerprint density at radius 1 is 1.33 bits per heavy atom. The molecule has 0 aliphatic heterocycles. The topological polar surface area (TPSA) is 87.1 Å². The van der Waals surface area contributed by atoms with Crippen LogP contribution < -0.4 is 5.73 Å². The molecular formula is C14H22N4O2S. The maximum absolute atomic E-state index is 5.88. The van der Waals surface area contributed by atoms with Crippen LogP contribution in [0, 0.1) is 0 Å². The lowest BCUT2D eigenvalue weighted by Crippen LogP contribution is -2.29. The molecule has 0 amide bonds. The van der Waals surface area contributed by atoms with E-state index in [2.05, 4.69) is 29.0 Å². The Kier molecular flexibility index (Phi) is 5.08. The van der Waals surface area contributed by atoms with E-state index >= 15 is 0 Å². The Bertz CT molecular complexity index is 575. The zero-order valence-electron chi connectivity index (χ0n) is 12.9. The van der Waals surface area contributed by atoms with E-state index in [0.717, 1.165) is 17.8 Å². The van der Waals surface area contributed by atoms with Gasteiger partial charge in [0.15, 0.2) is 0 Å². The van der Waals surface area contributed by atoms with Crippen LogP contribution in [0.2, 0.25) is 0 Å². The van der Waals surface area contributed by atoms with E-state index in [1.54, 1.807) is 0 Å². The molecule has 0 saturated heterocycles. The molecule has 0 saturated carbocycles. The van der Waals surface area contributed by atoms with Gasteiger partial charge in [0.25, 0.3) is 5.89 Å². The minimum atomic E-state index is -0.490. The van der Waals surface area contributed by atoms with Crippen molar-refractivity contribution in [2.24, 2.45) is 5.73 Å². The van der Waals surface area contributed by atoms with Crippen LogP contribution in [-0.2, 0) is 10.3 Å². The molecule has 0 bridgehead atoms. The molecule has 0 aliphatic carbocycles. The van der Waals surface area contributed by atoms with Gasteiger partial charge in [0, 0.05) is 12.0 Å². The molecule has 1 atom stereocenters. The average Bonchev–Trinajstić information content (AvgIpc) is 3.13. The van der Waals surface area contributed by atoms with E-state index in [1.807, 2.05) is 19.2 Å². The van der Waals surface area contributed by atoms with Crippen LogP contribution in [0.25, 0.3) is 11.6 Å². The SMILES string of the molecule is CCOC(CC)(CC)c1noc(-c2csc(C(C)N)n2)n1. The standard InChI is InChI=1S/C14H22N4O2S/c1-5-14(6-2,19-7-3)13-17-11(20-18-13)10-8-21-12(16-10)9(4)15/h8-9H,5-7,15H2,1-4H3. The molecule has 116 valence electrons. The molecular weight excluding hydrogens is 288 g/mol. The quantitative estimate of drug-likeness (QED) is 0.844. The van der Waals surface area contributed by atoms with Crippen molar-refractivity contribution in [3.63, 3.8) is 0 Å². The number of ether oxygens (including phenoxy) is 1. The number of hydrogen-bond acceptors (Lipinski definition) is 7. The second-order valence-corrected chi connectivity index (χ2v) is 5.81. The highest BCUT2D eigenvalue weighted by molar-refractivity contribution is 7.10. The first-order chi connectivity index (χ1) is 10.1. The Morgan fingerprint density at radius 3 is 2.57 bits per heavy atom. The van der Waals surface area contributed by atoms with Crippen molar-refractivity contribution in [2.45, 2.75) is 52.2 Å². The van der Waals surface area contributed by atoms with Crippen molar-refractivity contribution >= 4 is 11.3 Å². The summed E-state index contributed by atoms with van der Waals surface area (Å²) >= 11 is 1.50. The molecule has 2 aromatic rings. The Labute approximate surface area is 128 Å². The number of hydrogen-bond donors (Lipinski definition) is 1. The van der Waals surface area contributed by atoms with Gasteiger partial charge >= 0.3 is 0 Å². The van der Waals surface area contributed by atoms with Gasteiger partial charge in [-0.2, -0.15) is 4.98 Å². The molecule has 2 N–H and O–H groups in total. The molecule has 0 spiro atoms. The lowest BCUT2D eigenvalue weighted by molar-refractivity contribution is -0.0583. The molecule has 1 unspecified atom stereocenters. The average molecular weight is 310 g/mol. The molecule has 7 heteroatoms. The fourth-order valence-electron chi connectivity index (χ4n) is 2.22. The zero-order chi connectivity index (χ0) is 15.5. The summed E-state index contributed by atoms with van der Waals surface area (Å²) in [6.45, 7) is 8.60. The third-order valence-corrected chi connectivity index (χ3v) is 4.57. The minimum absolute atomic E-state index is 0.0973. The maximum Gasteiger partial charge on any atom is 0.277 e. The number of rotatable bonds is 7. The van der Waals surface area contributed by atoms with E-state index in [4.69, 9.17) is 15.0 Å². The van der Waals surface area contributed by atoms with E-state index in [-0.39, 0.29) is 6.04 Å². The van der Waals surface area contributed by atoms with Gasteiger partial charge in [0.2, 0.25) is 5.82 Å².